The standard InChI is InChI=1S/C12H21ClN6O/c1-3-19(4-2)12-17-10(13)16-11(18-12)15-8-6-5-7-9(14)20/h3-8H2,1-2H3,(H2,14,20)(H,15,16,17,18). The highest BCUT2D eigenvalue weighted by molar-refractivity contribution is 6.28. The van der Waals surface area contributed by atoms with E-state index >= 15 is 0 Å². The predicted octanol–water partition coefficient (Wildman–Crippen LogP) is 1.44. The summed E-state index contributed by atoms with van der Waals surface area (Å²) in [6.45, 7) is 6.31. The highest BCUT2D eigenvalue weighted by atomic mass is 35.5. The number of unbranched alkanes of at least 4 members (excludes halogenated alkanes) is 1. The van der Waals surface area contributed by atoms with Crippen molar-refractivity contribution >= 4 is 29.4 Å². The summed E-state index contributed by atoms with van der Waals surface area (Å²) in [7, 11) is 0. The summed E-state index contributed by atoms with van der Waals surface area (Å²) in [6.07, 6.45) is 1.95. The fraction of sp³-hybridized carbons (Fsp3) is 0.667. The highest BCUT2D eigenvalue weighted by Crippen LogP contribution is 2.13. The number of aromatic nitrogens is 3. The van der Waals surface area contributed by atoms with Gasteiger partial charge in [-0.15, -0.1) is 0 Å². The maximum Gasteiger partial charge on any atom is 0.231 e. The molecule has 0 saturated carbocycles. The van der Waals surface area contributed by atoms with Crippen LogP contribution < -0.4 is 16.0 Å². The van der Waals surface area contributed by atoms with Crippen LogP contribution in [0.5, 0.6) is 0 Å². The van der Waals surface area contributed by atoms with Crippen LogP contribution in [0.3, 0.4) is 0 Å². The molecule has 0 atom stereocenters. The number of primary amides is 1. The van der Waals surface area contributed by atoms with E-state index in [0.29, 0.717) is 24.9 Å². The van der Waals surface area contributed by atoms with E-state index in [2.05, 4.69) is 20.3 Å². The summed E-state index contributed by atoms with van der Waals surface area (Å²) in [5, 5.41) is 3.25. The molecule has 1 aromatic rings. The second-order valence-corrected chi connectivity index (χ2v) is 4.59. The van der Waals surface area contributed by atoms with E-state index in [1.54, 1.807) is 0 Å². The molecule has 1 aromatic heterocycles. The molecule has 1 rings (SSSR count). The molecule has 0 bridgehead atoms. The summed E-state index contributed by atoms with van der Waals surface area (Å²) < 4.78 is 0. The van der Waals surface area contributed by atoms with Crippen molar-refractivity contribution in [3.05, 3.63) is 5.28 Å². The summed E-state index contributed by atoms with van der Waals surface area (Å²) in [5.41, 5.74) is 5.07. The fourth-order valence-corrected chi connectivity index (χ4v) is 1.85. The molecule has 0 spiro atoms. The third-order valence-electron chi connectivity index (χ3n) is 2.78. The van der Waals surface area contributed by atoms with Gasteiger partial charge >= 0.3 is 0 Å². The largest absolute Gasteiger partial charge is 0.370 e. The van der Waals surface area contributed by atoms with Crippen LogP contribution in [0.4, 0.5) is 11.9 Å². The van der Waals surface area contributed by atoms with Gasteiger partial charge in [0.25, 0.3) is 0 Å². The monoisotopic (exact) mass is 300 g/mol. The molecule has 0 unspecified atom stereocenters. The molecule has 0 aliphatic heterocycles. The van der Waals surface area contributed by atoms with Gasteiger partial charge in [0.15, 0.2) is 0 Å². The summed E-state index contributed by atoms with van der Waals surface area (Å²) >= 11 is 5.90. The number of hydrogen-bond acceptors (Lipinski definition) is 6. The first-order valence-electron chi connectivity index (χ1n) is 6.75. The van der Waals surface area contributed by atoms with E-state index in [4.69, 9.17) is 17.3 Å². The lowest BCUT2D eigenvalue weighted by Gasteiger charge is -2.18. The van der Waals surface area contributed by atoms with Crippen molar-refractivity contribution in [2.24, 2.45) is 5.73 Å². The van der Waals surface area contributed by atoms with Gasteiger partial charge in [0.1, 0.15) is 0 Å². The van der Waals surface area contributed by atoms with E-state index in [1.165, 1.54) is 0 Å². The van der Waals surface area contributed by atoms with Crippen LogP contribution in [0.1, 0.15) is 33.1 Å². The quantitative estimate of drug-likeness (QED) is 0.670. The van der Waals surface area contributed by atoms with Crippen LogP contribution in [0.2, 0.25) is 5.28 Å². The number of nitrogens with one attached hydrogen (secondary N) is 1. The summed E-state index contributed by atoms with van der Waals surface area (Å²) in [6, 6.07) is 0. The minimum Gasteiger partial charge on any atom is -0.370 e. The van der Waals surface area contributed by atoms with Gasteiger partial charge in [-0.05, 0) is 38.3 Å². The van der Waals surface area contributed by atoms with Crippen LogP contribution in [0.15, 0.2) is 0 Å². The topological polar surface area (TPSA) is 97.0 Å². The van der Waals surface area contributed by atoms with Gasteiger partial charge in [0, 0.05) is 26.1 Å². The SMILES string of the molecule is CCN(CC)c1nc(Cl)nc(NCCCCC(N)=O)n1. The van der Waals surface area contributed by atoms with Crippen LogP contribution >= 0.6 is 11.6 Å². The first-order chi connectivity index (χ1) is 9.56. The average molecular weight is 301 g/mol. The summed E-state index contributed by atoms with van der Waals surface area (Å²) in [5.74, 6) is 0.734. The van der Waals surface area contributed by atoms with Crippen molar-refractivity contribution in [3.8, 4) is 0 Å². The normalized spacial score (nSPS) is 10.3. The van der Waals surface area contributed by atoms with Crippen LogP contribution in [0, 0.1) is 0 Å². The van der Waals surface area contributed by atoms with E-state index in [-0.39, 0.29) is 11.2 Å². The molecular formula is C12H21ClN6O. The van der Waals surface area contributed by atoms with E-state index < -0.39 is 0 Å². The van der Waals surface area contributed by atoms with E-state index in [9.17, 15) is 4.79 Å². The molecule has 0 aliphatic carbocycles. The summed E-state index contributed by atoms with van der Waals surface area (Å²) in [4.78, 5) is 25.1. The molecule has 3 N–H and O–H groups in total. The molecular weight excluding hydrogens is 280 g/mol. The fourth-order valence-electron chi connectivity index (χ4n) is 1.69. The molecule has 7 nitrogen and oxygen atoms in total. The Kier molecular flexibility index (Phi) is 7.00. The molecule has 112 valence electrons. The van der Waals surface area contributed by atoms with E-state index in [1.807, 2.05) is 18.7 Å². The molecule has 0 radical (unpaired) electrons. The van der Waals surface area contributed by atoms with Crippen molar-refractivity contribution in [3.63, 3.8) is 0 Å². The zero-order valence-corrected chi connectivity index (χ0v) is 12.7. The Labute approximate surface area is 123 Å². The second kappa shape index (κ2) is 8.52. The Balaban J connectivity index is 2.55. The van der Waals surface area contributed by atoms with Crippen molar-refractivity contribution in [1.82, 2.24) is 15.0 Å². The number of carbonyl (C=O) groups is 1. The minimum absolute atomic E-state index is 0.168. The Morgan fingerprint density at radius 1 is 1.25 bits per heavy atom. The zero-order chi connectivity index (χ0) is 15.0. The third-order valence-corrected chi connectivity index (χ3v) is 2.94. The average Bonchev–Trinajstić information content (AvgIpc) is 2.39. The Hall–Kier alpha value is -1.63. The number of amides is 1. The molecule has 0 fully saturated rings. The van der Waals surface area contributed by atoms with Gasteiger partial charge < -0.3 is 16.0 Å². The first kappa shape index (κ1) is 16.4. The Morgan fingerprint density at radius 2 is 1.95 bits per heavy atom. The second-order valence-electron chi connectivity index (χ2n) is 4.25. The number of nitrogens with zero attached hydrogens (tertiary/aromatic N) is 4. The smallest absolute Gasteiger partial charge is 0.231 e. The lowest BCUT2D eigenvalue weighted by molar-refractivity contribution is -0.118. The maximum atomic E-state index is 10.6. The Morgan fingerprint density at radius 3 is 2.55 bits per heavy atom. The molecule has 20 heavy (non-hydrogen) atoms. The van der Waals surface area contributed by atoms with Gasteiger partial charge in [0.05, 0.1) is 0 Å². The third kappa shape index (κ3) is 5.56. The highest BCUT2D eigenvalue weighted by Gasteiger charge is 2.09. The lowest BCUT2D eigenvalue weighted by Crippen LogP contribution is -2.25. The van der Waals surface area contributed by atoms with Crippen molar-refractivity contribution in [2.45, 2.75) is 33.1 Å². The molecule has 1 heterocycles. The molecule has 0 aromatic carbocycles. The van der Waals surface area contributed by atoms with Gasteiger partial charge in [-0.2, -0.15) is 15.0 Å². The van der Waals surface area contributed by atoms with Crippen molar-refractivity contribution in [1.29, 1.82) is 0 Å². The van der Waals surface area contributed by atoms with Crippen molar-refractivity contribution in [2.75, 3.05) is 29.9 Å². The lowest BCUT2D eigenvalue weighted by atomic mass is 10.2. The predicted molar refractivity (Wildman–Crippen MR) is 79.9 cm³/mol. The number of hydrogen-bond donors (Lipinski definition) is 2. The van der Waals surface area contributed by atoms with Crippen LogP contribution in [-0.2, 0) is 4.79 Å². The Bertz CT molecular complexity index is 438. The zero-order valence-electron chi connectivity index (χ0n) is 11.9. The molecule has 8 heteroatoms. The number of rotatable bonds is 9. The number of anilines is 2. The minimum atomic E-state index is -0.281. The van der Waals surface area contributed by atoms with Crippen LogP contribution in [-0.4, -0.2) is 40.5 Å². The van der Waals surface area contributed by atoms with Gasteiger partial charge in [-0.1, -0.05) is 0 Å². The van der Waals surface area contributed by atoms with Gasteiger partial charge in [-0.3, -0.25) is 4.79 Å². The van der Waals surface area contributed by atoms with Gasteiger partial charge in [0.2, 0.25) is 23.1 Å². The van der Waals surface area contributed by atoms with Crippen LogP contribution in [0.25, 0.3) is 0 Å². The van der Waals surface area contributed by atoms with E-state index in [0.717, 1.165) is 25.9 Å². The molecule has 1 amide bonds. The first-order valence-corrected chi connectivity index (χ1v) is 7.13. The number of halogens is 1. The van der Waals surface area contributed by atoms with Gasteiger partial charge in [-0.25, -0.2) is 0 Å². The number of carbonyl (C=O) groups excluding carboxylic acids is 1. The van der Waals surface area contributed by atoms with Crippen molar-refractivity contribution < 1.29 is 4.79 Å². The number of nitrogens with two attached hydrogens (primary N) is 1. The maximum absolute atomic E-state index is 10.6. The molecule has 0 aliphatic rings. The molecule has 0 saturated heterocycles.